The monoisotopic (exact) mass is 249 g/mol. The molecule has 0 atom stereocenters. The van der Waals surface area contributed by atoms with Gasteiger partial charge in [-0.25, -0.2) is 9.67 Å². The van der Waals surface area contributed by atoms with Crippen LogP contribution in [-0.2, 0) is 12.8 Å². The van der Waals surface area contributed by atoms with Gasteiger partial charge in [-0.05, 0) is 11.0 Å². The van der Waals surface area contributed by atoms with E-state index >= 15 is 0 Å². The van der Waals surface area contributed by atoms with Crippen LogP contribution >= 0.6 is 11.8 Å². The highest BCUT2D eigenvalue weighted by Gasteiger charge is 2.11. The van der Waals surface area contributed by atoms with E-state index in [2.05, 4.69) is 10.1 Å². The lowest BCUT2D eigenvalue weighted by atomic mass is 9.80. The van der Waals surface area contributed by atoms with Gasteiger partial charge in [-0.2, -0.15) is 5.10 Å². The number of hydrogen-bond donors (Lipinski definition) is 2. The maximum atomic E-state index is 9.07. The highest BCUT2D eigenvalue weighted by molar-refractivity contribution is 7.98. The minimum Gasteiger partial charge on any atom is -0.423 e. The number of aromatic nitrogens is 3. The summed E-state index contributed by atoms with van der Waals surface area (Å²) in [4.78, 5) is 4.10. The fourth-order valence-corrected chi connectivity index (χ4v) is 2.24. The predicted octanol–water partition coefficient (Wildman–Crippen LogP) is -0.213. The zero-order valence-electron chi connectivity index (χ0n) is 9.32. The lowest BCUT2D eigenvalue weighted by Gasteiger charge is -2.04. The normalized spacial score (nSPS) is 10.5. The highest BCUT2D eigenvalue weighted by Crippen LogP contribution is 2.18. The van der Waals surface area contributed by atoms with E-state index in [1.165, 1.54) is 6.33 Å². The number of benzene rings is 1. The molecule has 2 N–H and O–H groups in total. The summed E-state index contributed by atoms with van der Waals surface area (Å²) in [6.45, 7) is 0. The van der Waals surface area contributed by atoms with Gasteiger partial charge in [0.25, 0.3) is 0 Å². The molecule has 1 aromatic carbocycles. The average molecular weight is 249 g/mol. The summed E-state index contributed by atoms with van der Waals surface area (Å²) in [5.74, 6) is 0.715. The van der Waals surface area contributed by atoms with Crippen LogP contribution in [0.3, 0.4) is 0 Å². The van der Waals surface area contributed by atoms with E-state index < -0.39 is 7.12 Å². The van der Waals surface area contributed by atoms with Crippen LogP contribution in [0.4, 0.5) is 0 Å². The molecule has 0 bridgehead atoms. The molecule has 0 fully saturated rings. The Morgan fingerprint density at radius 1 is 1.41 bits per heavy atom. The Morgan fingerprint density at radius 2 is 2.24 bits per heavy atom. The third kappa shape index (κ3) is 3.09. The van der Waals surface area contributed by atoms with Gasteiger partial charge in [0.05, 0.1) is 0 Å². The van der Waals surface area contributed by atoms with Crippen molar-refractivity contribution < 1.29 is 10.0 Å². The van der Waals surface area contributed by atoms with E-state index in [1.807, 2.05) is 13.1 Å². The molecular formula is C10H12BN3O2S. The second-order valence-corrected chi connectivity index (χ2v) is 4.52. The van der Waals surface area contributed by atoms with Crippen LogP contribution < -0.4 is 5.46 Å². The lowest BCUT2D eigenvalue weighted by Crippen LogP contribution is -2.29. The number of aryl methyl sites for hydroxylation is 1. The predicted molar refractivity (Wildman–Crippen MR) is 66.8 cm³/mol. The van der Waals surface area contributed by atoms with Gasteiger partial charge in [0.15, 0.2) is 5.16 Å². The molecule has 88 valence electrons. The zero-order valence-corrected chi connectivity index (χ0v) is 10.1. The van der Waals surface area contributed by atoms with Crippen molar-refractivity contribution in [3.8, 4) is 0 Å². The smallest absolute Gasteiger partial charge is 0.423 e. The molecule has 0 saturated carbocycles. The van der Waals surface area contributed by atoms with Gasteiger partial charge in [-0.3, -0.25) is 0 Å². The van der Waals surface area contributed by atoms with Crippen LogP contribution in [0.1, 0.15) is 5.56 Å². The molecule has 0 unspecified atom stereocenters. The van der Waals surface area contributed by atoms with Crippen molar-refractivity contribution in [2.24, 2.45) is 7.05 Å². The molecule has 2 aromatic rings. The van der Waals surface area contributed by atoms with Crippen LogP contribution in [-0.4, -0.2) is 31.9 Å². The third-order valence-corrected chi connectivity index (χ3v) is 3.39. The molecule has 0 aliphatic heterocycles. The molecule has 0 radical (unpaired) electrons. The van der Waals surface area contributed by atoms with Crippen molar-refractivity contribution >= 4 is 24.3 Å². The van der Waals surface area contributed by atoms with Crippen LogP contribution in [0.2, 0.25) is 0 Å². The first-order chi connectivity index (χ1) is 8.16. The van der Waals surface area contributed by atoms with Crippen molar-refractivity contribution in [3.05, 3.63) is 36.2 Å². The van der Waals surface area contributed by atoms with Crippen molar-refractivity contribution in [3.63, 3.8) is 0 Å². The first kappa shape index (κ1) is 12.2. The minimum atomic E-state index is -1.42. The van der Waals surface area contributed by atoms with Gasteiger partial charge < -0.3 is 10.0 Å². The summed E-state index contributed by atoms with van der Waals surface area (Å²) in [6, 6.07) is 7.20. The van der Waals surface area contributed by atoms with E-state index in [0.717, 1.165) is 10.7 Å². The molecule has 0 aliphatic rings. The van der Waals surface area contributed by atoms with Crippen molar-refractivity contribution in [1.29, 1.82) is 0 Å². The molecule has 0 aliphatic carbocycles. The Balaban J connectivity index is 2.04. The fourth-order valence-electron chi connectivity index (χ4n) is 1.41. The average Bonchev–Trinajstić information content (AvgIpc) is 2.72. The summed E-state index contributed by atoms with van der Waals surface area (Å²) in [5.41, 5.74) is 1.52. The molecule has 0 saturated heterocycles. The van der Waals surface area contributed by atoms with Gasteiger partial charge in [0.2, 0.25) is 0 Å². The van der Waals surface area contributed by atoms with E-state index in [0.29, 0.717) is 11.2 Å². The first-order valence-electron chi connectivity index (χ1n) is 5.08. The molecule has 1 aromatic heterocycles. The number of thioether (sulfide) groups is 1. The van der Waals surface area contributed by atoms with E-state index in [4.69, 9.17) is 10.0 Å². The fraction of sp³-hybridized carbons (Fsp3) is 0.200. The summed E-state index contributed by atoms with van der Waals surface area (Å²) in [6.07, 6.45) is 1.51. The van der Waals surface area contributed by atoms with E-state index in [-0.39, 0.29) is 0 Å². The maximum absolute atomic E-state index is 9.07. The Bertz CT molecular complexity index is 504. The van der Waals surface area contributed by atoms with E-state index in [1.54, 1.807) is 34.6 Å². The molecule has 17 heavy (non-hydrogen) atoms. The van der Waals surface area contributed by atoms with Crippen LogP contribution in [0, 0.1) is 0 Å². The molecular weight excluding hydrogens is 237 g/mol. The van der Waals surface area contributed by atoms with Crippen molar-refractivity contribution in [2.75, 3.05) is 0 Å². The van der Waals surface area contributed by atoms with Gasteiger partial charge in [0.1, 0.15) is 6.33 Å². The molecule has 7 heteroatoms. The maximum Gasteiger partial charge on any atom is 0.488 e. The largest absolute Gasteiger partial charge is 0.488 e. The Morgan fingerprint density at radius 3 is 2.88 bits per heavy atom. The number of rotatable bonds is 4. The molecule has 1 heterocycles. The molecule has 0 amide bonds. The highest BCUT2D eigenvalue weighted by atomic mass is 32.2. The third-order valence-electron chi connectivity index (χ3n) is 2.29. The lowest BCUT2D eigenvalue weighted by molar-refractivity contribution is 0.425. The second-order valence-electron chi connectivity index (χ2n) is 3.57. The first-order valence-corrected chi connectivity index (χ1v) is 6.07. The molecule has 0 spiro atoms. The van der Waals surface area contributed by atoms with Gasteiger partial charge >= 0.3 is 7.12 Å². The van der Waals surface area contributed by atoms with Crippen LogP contribution in [0.15, 0.2) is 35.7 Å². The summed E-state index contributed by atoms with van der Waals surface area (Å²) >= 11 is 1.55. The molecule has 2 rings (SSSR count). The SMILES string of the molecule is Cn1ncnc1SCc1cccc(B(O)O)c1. The topological polar surface area (TPSA) is 71.2 Å². The number of nitrogens with zero attached hydrogens (tertiary/aromatic N) is 3. The van der Waals surface area contributed by atoms with Gasteiger partial charge in [0, 0.05) is 12.8 Å². The summed E-state index contributed by atoms with van der Waals surface area (Å²) in [5, 5.41) is 22.9. The Labute approximate surface area is 104 Å². The molecule has 5 nitrogen and oxygen atoms in total. The Hall–Kier alpha value is -1.31. The Kier molecular flexibility index (Phi) is 3.83. The van der Waals surface area contributed by atoms with Gasteiger partial charge in [-0.1, -0.05) is 36.0 Å². The zero-order chi connectivity index (χ0) is 12.3. The van der Waals surface area contributed by atoms with Crippen molar-refractivity contribution in [1.82, 2.24) is 14.8 Å². The van der Waals surface area contributed by atoms with Crippen molar-refractivity contribution in [2.45, 2.75) is 10.9 Å². The number of hydrogen-bond acceptors (Lipinski definition) is 5. The summed E-state index contributed by atoms with van der Waals surface area (Å²) in [7, 11) is 0.415. The van der Waals surface area contributed by atoms with Gasteiger partial charge in [-0.15, -0.1) is 0 Å². The minimum absolute atomic E-state index is 0.501. The standard InChI is InChI=1S/C10H12BN3O2S/c1-14-10(12-7-13-14)17-6-8-3-2-4-9(5-8)11(15)16/h2-5,7,15-16H,6H2,1H3. The summed E-state index contributed by atoms with van der Waals surface area (Å²) < 4.78 is 1.70. The van der Waals surface area contributed by atoms with Crippen LogP contribution in [0.25, 0.3) is 0 Å². The quantitative estimate of drug-likeness (QED) is 0.579. The van der Waals surface area contributed by atoms with Crippen LogP contribution in [0.5, 0.6) is 0 Å². The van der Waals surface area contributed by atoms with E-state index in [9.17, 15) is 0 Å². The second kappa shape index (κ2) is 5.35.